The Balaban J connectivity index is 1.52. The van der Waals surface area contributed by atoms with E-state index >= 15 is 0 Å². The highest BCUT2D eigenvalue weighted by atomic mass is 16.5. The van der Waals surface area contributed by atoms with E-state index in [-0.39, 0.29) is 6.01 Å². The highest BCUT2D eigenvalue weighted by molar-refractivity contribution is 5.59. The minimum atomic E-state index is 0.279. The molecule has 3 aromatic heterocycles. The van der Waals surface area contributed by atoms with Crippen molar-refractivity contribution in [2.75, 3.05) is 12.3 Å². The van der Waals surface area contributed by atoms with Crippen LogP contribution in [0.3, 0.4) is 0 Å². The van der Waals surface area contributed by atoms with Crippen LogP contribution < -0.4 is 10.5 Å². The number of fused-ring (bicyclic) bond motifs is 1. The molecule has 0 aliphatic rings. The molecule has 144 valence electrons. The molecule has 28 heavy (non-hydrogen) atoms. The summed E-state index contributed by atoms with van der Waals surface area (Å²) in [5.41, 5.74) is 9.80. The highest BCUT2D eigenvalue weighted by Gasteiger charge is 2.12. The molecule has 0 bridgehead atoms. The van der Waals surface area contributed by atoms with Gasteiger partial charge in [0, 0.05) is 6.42 Å². The second-order valence-corrected chi connectivity index (χ2v) is 6.55. The predicted octanol–water partition coefficient (Wildman–Crippen LogP) is 2.12. The fourth-order valence-electron chi connectivity index (χ4n) is 2.89. The fraction of sp³-hybridized carbons (Fsp3) is 0.316. The summed E-state index contributed by atoms with van der Waals surface area (Å²) >= 11 is 0. The number of hydrogen-bond acceptors (Lipinski definition) is 7. The van der Waals surface area contributed by atoms with Gasteiger partial charge in [0.2, 0.25) is 0 Å². The van der Waals surface area contributed by atoms with Gasteiger partial charge < -0.3 is 10.5 Å². The normalized spacial score (nSPS) is 11.2. The molecule has 2 N–H and O–H groups in total. The average Bonchev–Trinajstić information content (AvgIpc) is 3.34. The van der Waals surface area contributed by atoms with Gasteiger partial charge in [-0.2, -0.15) is 10.1 Å². The van der Waals surface area contributed by atoms with E-state index in [1.54, 1.807) is 21.7 Å². The first-order valence-electron chi connectivity index (χ1n) is 9.26. The standard InChI is InChI=1S/C19H22N8O/c1-2-3-8-28-19-24-17(20)18-22-10-16(27(18)25-19)9-14-4-6-15(7-5-14)11-26-13-21-12-23-26/h4-7,10,12-13H,2-3,8-9,11H2,1H3,(H2,20,24,25). The summed E-state index contributed by atoms with van der Waals surface area (Å²) in [4.78, 5) is 12.5. The Bertz CT molecular complexity index is 1040. The highest BCUT2D eigenvalue weighted by Crippen LogP contribution is 2.17. The maximum atomic E-state index is 6.02. The van der Waals surface area contributed by atoms with Crippen molar-refractivity contribution in [3.8, 4) is 6.01 Å². The van der Waals surface area contributed by atoms with Gasteiger partial charge in [-0.15, -0.1) is 5.10 Å². The van der Waals surface area contributed by atoms with Crippen molar-refractivity contribution in [3.05, 3.63) is 59.9 Å². The van der Waals surface area contributed by atoms with E-state index < -0.39 is 0 Å². The lowest BCUT2D eigenvalue weighted by atomic mass is 10.1. The van der Waals surface area contributed by atoms with Crippen molar-refractivity contribution in [2.45, 2.75) is 32.7 Å². The van der Waals surface area contributed by atoms with Crippen LogP contribution in [0.1, 0.15) is 36.6 Å². The summed E-state index contributed by atoms with van der Waals surface area (Å²) in [5, 5.41) is 8.58. The molecular weight excluding hydrogens is 356 g/mol. The third kappa shape index (κ3) is 3.93. The molecule has 3 heterocycles. The van der Waals surface area contributed by atoms with E-state index in [2.05, 4.69) is 56.3 Å². The lowest BCUT2D eigenvalue weighted by Crippen LogP contribution is -2.09. The Morgan fingerprint density at radius 3 is 2.71 bits per heavy atom. The number of imidazole rings is 1. The van der Waals surface area contributed by atoms with Gasteiger partial charge in [0.25, 0.3) is 0 Å². The molecule has 0 aliphatic heterocycles. The Hall–Kier alpha value is -3.49. The predicted molar refractivity (Wildman–Crippen MR) is 104 cm³/mol. The van der Waals surface area contributed by atoms with E-state index in [9.17, 15) is 0 Å². The second-order valence-electron chi connectivity index (χ2n) is 6.55. The molecule has 0 saturated carbocycles. The third-order valence-electron chi connectivity index (χ3n) is 4.39. The summed E-state index contributed by atoms with van der Waals surface area (Å²) in [7, 11) is 0. The molecule has 0 atom stereocenters. The third-order valence-corrected chi connectivity index (χ3v) is 4.39. The molecule has 4 aromatic rings. The molecule has 0 unspecified atom stereocenters. The van der Waals surface area contributed by atoms with Crippen LogP contribution in [0.15, 0.2) is 43.1 Å². The first-order chi connectivity index (χ1) is 13.7. The Morgan fingerprint density at radius 2 is 1.96 bits per heavy atom. The van der Waals surface area contributed by atoms with Crippen LogP contribution in [0.4, 0.5) is 5.82 Å². The van der Waals surface area contributed by atoms with Crippen LogP contribution >= 0.6 is 0 Å². The quantitative estimate of drug-likeness (QED) is 0.468. The zero-order chi connectivity index (χ0) is 19.3. The molecule has 9 heteroatoms. The van der Waals surface area contributed by atoms with Crippen LogP contribution in [0.25, 0.3) is 5.65 Å². The van der Waals surface area contributed by atoms with E-state index in [0.29, 0.717) is 31.0 Å². The molecule has 9 nitrogen and oxygen atoms in total. The van der Waals surface area contributed by atoms with E-state index in [4.69, 9.17) is 10.5 Å². The number of nitrogens with zero attached hydrogens (tertiary/aromatic N) is 7. The molecule has 0 fully saturated rings. The SMILES string of the molecule is CCCCOc1nc(N)c2ncc(Cc3ccc(Cn4cncn4)cc3)n2n1. The number of aromatic nitrogens is 7. The Morgan fingerprint density at radius 1 is 1.14 bits per heavy atom. The zero-order valence-corrected chi connectivity index (χ0v) is 15.7. The minimum Gasteiger partial charge on any atom is -0.462 e. The molecule has 0 saturated heterocycles. The van der Waals surface area contributed by atoms with Crippen molar-refractivity contribution in [2.24, 2.45) is 0 Å². The van der Waals surface area contributed by atoms with Gasteiger partial charge in [0.15, 0.2) is 11.5 Å². The van der Waals surface area contributed by atoms with Crippen molar-refractivity contribution in [3.63, 3.8) is 0 Å². The molecule has 0 aliphatic carbocycles. The van der Waals surface area contributed by atoms with E-state index in [1.807, 2.05) is 0 Å². The molecular formula is C19H22N8O. The lowest BCUT2D eigenvalue weighted by Gasteiger charge is -2.07. The number of nitrogen functional groups attached to an aromatic ring is 1. The zero-order valence-electron chi connectivity index (χ0n) is 15.7. The van der Waals surface area contributed by atoms with Gasteiger partial charge in [-0.1, -0.05) is 37.6 Å². The minimum absolute atomic E-state index is 0.279. The number of benzene rings is 1. The summed E-state index contributed by atoms with van der Waals surface area (Å²) in [6, 6.07) is 8.64. The van der Waals surface area contributed by atoms with Crippen LogP contribution in [-0.2, 0) is 13.0 Å². The van der Waals surface area contributed by atoms with Crippen LogP contribution in [0.5, 0.6) is 6.01 Å². The van der Waals surface area contributed by atoms with Gasteiger partial charge in [-0.05, 0) is 17.5 Å². The molecule has 0 radical (unpaired) electrons. The number of anilines is 1. The summed E-state index contributed by atoms with van der Waals surface area (Å²) < 4.78 is 9.12. The van der Waals surface area contributed by atoms with Gasteiger partial charge in [0.05, 0.1) is 25.0 Å². The number of rotatable bonds is 8. The maximum Gasteiger partial charge on any atom is 0.336 e. The molecule has 0 spiro atoms. The summed E-state index contributed by atoms with van der Waals surface area (Å²) in [5.74, 6) is 0.316. The van der Waals surface area contributed by atoms with Crippen LogP contribution in [0.2, 0.25) is 0 Å². The fourth-order valence-corrected chi connectivity index (χ4v) is 2.89. The van der Waals surface area contributed by atoms with Crippen molar-refractivity contribution >= 4 is 11.5 Å². The average molecular weight is 378 g/mol. The van der Waals surface area contributed by atoms with E-state index in [1.165, 1.54) is 6.33 Å². The van der Waals surface area contributed by atoms with Crippen LogP contribution in [0, 0.1) is 0 Å². The molecule has 4 rings (SSSR count). The number of hydrogen-bond donors (Lipinski definition) is 1. The lowest BCUT2D eigenvalue weighted by molar-refractivity contribution is 0.280. The number of unbranched alkanes of at least 4 members (excludes halogenated alkanes) is 1. The monoisotopic (exact) mass is 378 g/mol. The van der Waals surface area contributed by atoms with Gasteiger partial charge in [-0.25, -0.2) is 19.2 Å². The second kappa shape index (κ2) is 8.03. The maximum absolute atomic E-state index is 6.02. The van der Waals surface area contributed by atoms with Gasteiger partial charge in [-0.3, -0.25) is 0 Å². The first kappa shape index (κ1) is 17.9. The van der Waals surface area contributed by atoms with Gasteiger partial charge in [0.1, 0.15) is 12.7 Å². The summed E-state index contributed by atoms with van der Waals surface area (Å²) in [6.07, 6.45) is 7.68. The van der Waals surface area contributed by atoms with Gasteiger partial charge >= 0.3 is 6.01 Å². The van der Waals surface area contributed by atoms with Crippen molar-refractivity contribution in [1.29, 1.82) is 0 Å². The topological polar surface area (TPSA) is 109 Å². The molecule has 1 aromatic carbocycles. The first-order valence-corrected chi connectivity index (χ1v) is 9.26. The number of nitrogens with two attached hydrogens (primary N) is 1. The molecule has 0 amide bonds. The summed E-state index contributed by atoms with van der Waals surface area (Å²) in [6.45, 7) is 3.36. The smallest absolute Gasteiger partial charge is 0.336 e. The van der Waals surface area contributed by atoms with Crippen molar-refractivity contribution in [1.82, 2.24) is 34.3 Å². The Labute approximate surface area is 162 Å². The van der Waals surface area contributed by atoms with Crippen molar-refractivity contribution < 1.29 is 4.74 Å². The largest absolute Gasteiger partial charge is 0.462 e. The van der Waals surface area contributed by atoms with Crippen LogP contribution in [-0.4, -0.2) is 41.0 Å². The Kier molecular flexibility index (Phi) is 5.14. The number of ether oxygens (including phenoxy) is 1. The van der Waals surface area contributed by atoms with E-state index in [0.717, 1.165) is 29.7 Å².